The van der Waals surface area contributed by atoms with Gasteiger partial charge in [0, 0.05) is 10.7 Å². The number of aromatic nitrogens is 3. The summed E-state index contributed by atoms with van der Waals surface area (Å²) in [7, 11) is 0. The maximum atomic E-state index is 11.9. The van der Waals surface area contributed by atoms with Gasteiger partial charge < -0.3 is 5.32 Å². The number of carbonyl (C=O) groups excluding carboxylic acids is 1. The number of carbonyl (C=O) groups is 1. The van der Waals surface area contributed by atoms with Crippen molar-refractivity contribution in [2.75, 3.05) is 5.32 Å². The first kappa shape index (κ1) is 12.9. The molecule has 2 N–H and O–H groups in total. The van der Waals surface area contributed by atoms with Crippen molar-refractivity contribution >= 4 is 35.0 Å². The molecular formula is C11H11ClN4OS. The van der Waals surface area contributed by atoms with Crippen molar-refractivity contribution in [2.24, 2.45) is 0 Å². The molecule has 7 heteroatoms. The number of nitrogens with one attached hydrogen (secondary N) is 2. The van der Waals surface area contributed by atoms with Crippen LogP contribution in [0.5, 0.6) is 0 Å². The zero-order chi connectivity index (χ0) is 13.0. The van der Waals surface area contributed by atoms with Gasteiger partial charge in [-0.05, 0) is 31.2 Å². The second kappa shape index (κ2) is 5.88. The minimum atomic E-state index is -0.270. The van der Waals surface area contributed by atoms with Crippen molar-refractivity contribution in [2.45, 2.75) is 17.3 Å². The molecule has 1 aromatic carbocycles. The van der Waals surface area contributed by atoms with Crippen LogP contribution in [-0.2, 0) is 4.79 Å². The quantitative estimate of drug-likeness (QED) is 0.846. The molecule has 5 nitrogen and oxygen atoms in total. The number of halogens is 1. The molecule has 18 heavy (non-hydrogen) atoms. The Morgan fingerprint density at radius 1 is 1.44 bits per heavy atom. The lowest BCUT2D eigenvalue weighted by atomic mass is 10.3. The van der Waals surface area contributed by atoms with E-state index in [1.165, 1.54) is 18.1 Å². The van der Waals surface area contributed by atoms with Gasteiger partial charge in [0.1, 0.15) is 6.33 Å². The lowest BCUT2D eigenvalue weighted by molar-refractivity contribution is -0.115. The summed E-state index contributed by atoms with van der Waals surface area (Å²) in [6, 6.07) is 6.97. The third kappa shape index (κ3) is 3.48. The van der Waals surface area contributed by atoms with E-state index in [0.717, 1.165) is 5.69 Å². The average Bonchev–Trinajstić information content (AvgIpc) is 2.85. The average molecular weight is 283 g/mol. The number of H-pyrrole nitrogens is 1. The Bertz CT molecular complexity index is 514. The number of amides is 1. The number of aromatic amines is 1. The summed E-state index contributed by atoms with van der Waals surface area (Å²) in [4.78, 5) is 15.9. The number of hydrogen-bond acceptors (Lipinski definition) is 4. The van der Waals surface area contributed by atoms with Crippen LogP contribution < -0.4 is 5.32 Å². The Kier molecular flexibility index (Phi) is 4.22. The Morgan fingerprint density at radius 2 is 2.17 bits per heavy atom. The maximum absolute atomic E-state index is 11.9. The van der Waals surface area contributed by atoms with E-state index in [4.69, 9.17) is 11.6 Å². The van der Waals surface area contributed by atoms with Gasteiger partial charge >= 0.3 is 0 Å². The van der Waals surface area contributed by atoms with Crippen molar-refractivity contribution in [3.05, 3.63) is 35.6 Å². The standard InChI is InChI=1S/C11H11ClN4OS/c1-7(18-11-13-6-14-16-11)10(17)15-9-4-2-8(12)3-5-9/h2-7H,1H3,(H,15,17)(H,13,14,16). The van der Waals surface area contributed by atoms with Gasteiger partial charge in [-0.25, -0.2) is 4.98 Å². The predicted molar refractivity (Wildman–Crippen MR) is 71.8 cm³/mol. The van der Waals surface area contributed by atoms with Crippen LogP contribution in [0.15, 0.2) is 35.7 Å². The molecule has 0 aliphatic heterocycles. The lowest BCUT2D eigenvalue weighted by Gasteiger charge is -2.10. The molecule has 1 aromatic heterocycles. The summed E-state index contributed by atoms with van der Waals surface area (Å²) in [5.74, 6) is -0.0984. The van der Waals surface area contributed by atoms with Gasteiger partial charge in [-0.1, -0.05) is 23.4 Å². The van der Waals surface area contributed by atoms with Gasteiger partial charge in [0.05, 0.1) is 5.25 Å². The Labute approximate surface area is 113 Å². The van der Waals surface area contributed by atoms with Crippen LogP contribution in [0.3, 0.4) is 0 Å². The lowest BCUT2D eigenvalue weighted by Crippen LogP contribution is -2.22. The second-order valence-corrected chi connectivity index (χ2v) is 5.31. The summed E-state index contributed by atoms with van der Waals surface area (Å²) in [5.41, 5.74) is 0.717. The Morgan fingerprint density at radius 3 is 2.78 bits per heavy atom. The zero-order valence-electron chi connectivity index (χ0n) is 9.55. The van der Waals surface area contributed by atoms with Crippen LogP contribution in [0, 0.1) is 0 Å². The van der Waals surface area contributed by atoms with E-state index in [9.17, 15) is 4.79 Å². The second-order valence-electron chi connectivity index (χ2n) is 3.55. The minimum absolute atomic E-state index is 0.0984. The van der Waals surface area contributed by atoms with E-state index < -0.39 is 0 Å². The molecular weight excluding hydrogens is 272 g/mol. The van der Waals surface area contributed by atoms with E-state index in [-0.39, 0.29) is 11.2 Å². The molecule has 0 bridgehead atoms. The first-order chi connectivity index (χ1) is 8.65. The molecule has 0 saturated heterocycles. The fraction of sp³-hybridized carbons (Fsp3) is 0.182. The first-order valence-corrected chi connectivity index (χ1v) is 6.49. The van der Waals surface area contributed by atoms with E-state index >= 15 is 0 Å². The number of thioether (sulfide) groups is 1. The summed E-state index contributed by atoms with van der Waals surface area (Å²) >= 11 is 7.08. The fourth-order valence-electron chi connectivity index (χ4n) is 1.25. The van der Waals surface area contributed by atoms with Crippen LogP contribution in [-0.4, -0.2) is 26.3 Å². The van der Waals surface area contributed by atoms with E-state index in [2.05, 4.69) is 20.5 Å². The highest BCUT2D eigenvalue weighted by molar-refractivity contribution is 8.00. The number of anilines is 1. The number of rotatable bonds is 4. The normalized spacial score (nSPS) is 12.1. The van der Waals surface area contributed by atoms with Crippen molar-refractivity contribution in [1.29, 1.82) is 0 Å². The molecule has 0 aliphatic rings. The zero-order valence-corrected chi connectivity index (χ0v) is 11.1. The van der Waals surface area contributed by atoms with Gasteiger partial charge in [0.15, 0.2) is 5.16 Å². The molecule has 1 atom stereocenters. The number of benzene rings is 1. The summed E-state index contributed by atoms with van der Waals surface area (Å²) in [6.45, 7) is 1.80. The van der Waals surface area contributed by atoms with E-state index in [1.54, 1.807) is 31.2 Å². The van der Waals surface area contributed by atoms with Crippen LogP contribution in [0.25, 0.3) is 0 Å². The molecule has 1 heterocycles. The Balaban J connectivity index is 1.93. The smallest absolute Gasteiger partial charge is 0.237 e. The molecule has 0 saturated carbocycles. The highest BCUT2D eigenvalue weighted by atomic mass is 35.5. The number of nitrogens with zero attached hydrogens (tertiary/aromatic N) is 2. The topological polar surface area (TPSA) is 70.7 Å². The largest absolute Gasteiger partial charge is 0.325 e. The van der Waals surface area contributed by atoms with Crippen molar-refractivity contribution in [1.82, 2.24) is 15.2 Å². The summed E-state index contributed by atoms with van der Waals surface area (Å²) in [6.07, 6.45) is 1.41. The van der Waals surface area contributed by atoms with Crippen molar-refractivity contribution in [3.8, 4) is 0 Å². The van der Waals surface area contributed by atoms with E-state index in [1.807, 2.05) is 0 Å². The van der Waals surface area contributed by atoms with Crippen LogP contribution in [0.4, 0.5) is 5.69 Å². The monoisotopic (exact) mass is 282 g/mol. The maximum Gasteiger partial charge on any atom is 0.237 e. The SMILES string of the molecule is CC(Sc1ncn[nH]1)C(=O)Nc1ccc(Cl)cc1. The minimum Gasteiger partial charge on any atom is -0.325 e. The molecule has 1 unspecified atom stereocenters. The molecule has 2 aromatic rings. The predicted octanol–water partition coefficient (Wildman–Crippen LogP) is 2.58. The van der Waals surface area contributed by atoms with E-state index in [0.29, 0.717) is 10.2 Å². The van der Waals surface area contributed by atoms with Gasteiger partial charge in [0.25, 0.3) is 0 Å². The van der Waals surface area contributed by atoms with Crippen LogP contribution in [0.1, 0.15) is 6.92 Å². The highest BCUT2D eigenvalue weighted by Gasteiger charge is 2.15. The van der Waals surface area contributed by atoms with Crippen LogP contribution >= 0.6 is 23.4 Å². The molecule has 0 fully saturated rings. The highest BCUT2D eigenvalue weighted by Crippen LogP contribution is 2.20. The van der Waals surface area contributed by atoms with Crippen molar-refractivity contribution < 1.29 is 4.79 Å². The van der Waals surface area contributed by atoms with Gasteiger partial charge in [0.2, 0.25) is 5.91 Å². The fourth-order valence-corrected chi connectivity index (χ4v) is 2.09. The van der Waals surface area contributed by atoms with Gasteiger partial charge in [-0.15, -0.1) is 0 Å². The summed E-state index contributed by atoms with van der Waals surface area (Å²) < 4.78 is 0. The molecule has 94 valence electrons. The molecule has 2 rings (SSSR count). The van der Waals surface area contributed by atoms with Crippen LogP contribution in [0.2, 0.25) is 5.02 Å². The van der Waals surface area contributed by atoms with Gasteiger partial charge in [-0.2, -0.15) is 5.10 Å². The first-order valence-electron chi connectivity index (χ1n) is 5.23. The number of hydrogen-bond donors (Lipinski definition) is 2. The molecule has 1 amide bonds. The summed E-state index contributed by atoms with van der Waals surface area (Å²) in [5, 5.41) is 10.2. The third-order valence-corrected chi connectivity index (χ3v) is 3.40. The van der Waals surface area contributed by atoms with Gasteiger partial charge in [-0.3, -0.25) is 9.89 Å². The molecule has 0 spiro atoms. The van der Waals surface area contributed by atoms with Crippen molar-refractivity contribution in [3.63, 3.8) is 0 Å². The molecule has 0 aliphatic carbocycles. The molecule has 0 radical (unpaired) electrons. The Hall–Kier alpha value is -1.53. The third-order valence-electron chi connectivity index (χ3n) is 2.16.